The molecule has 0 radical (unpaired) electrons. The van der Waals surface area contributed by atoms with Crippen molar-refractivity contribution in [1.29, 1.82) is 0 Å². The van der Waals surface area contributed by atoms with Gasteiger partial charge in [0.15, 0.2) is 0 Å². The Balaban J connectivity index is 4.12. The molecular weight excluding hydrogens is 200 g/mol. The smallest absolute Gasteiger partial charge is 0.311 e. The Hall–Kier alpha value is -0.530. The van der Waals surface area contributed by atoms with E-state index in [1.165, 1.54) is 26.4 Å². The molecule has 0 aliphatic carbocycles. The van der Waals surface area contributed by atoms with Crippen LogP contribution >= 0.6 is 0 Å². The summed E-state index contributed by atoms with van der Waals surface area (Å²) in [5.74, 6) is 1.24. The van der Waals surface area contributed by atoms with Crippen LogP contribution in [0.4, 0.5) is 0 Å². The van der Waals surface area contributed by atoms with Crippen molar-refractivity contribution in [3.8, 4) is 0 Å². The number of methoxy groups -OCH3 is 1. The molecule has 0 spiro atoms. The summed E-state index contributed by atoms with van der Waals surface area (Å²) in [7, 11) is 1.47. The molecule has 2 heteroatoms. The number of esters is 1. The fourth-order valence-corrected chi connectivity index (χ4v) is 2.61. The Labute approximate surface area is 101 Å². The summed E-state index contributed by atoms with van der Waals surface area (Å²) in [5.41, 5.74) is -0.347. The van der Waals surface area contributed by atoms with Gasteiger partial charge in [0.2, 0.25) is 0 Å². The minimum absolute atomic E-state index is 0.0949. The van der Waals surface area contributed by atoms with Crippen LogP contribution in [0.25, 0.3) is 0 Å². The average Bonchev–Trinajstić information content (AvgIpc) is 2.15. The van der Waals surface area contributed by atoms with Gasteiger partial charge in [0.25, 0.3) is 0 Å². The van der Waals surface area contributed by atoms with E-state index in [1.807, 2.05) is 13.8 Å². The van der Waals surface area contributed by atoms with Crippen LogP contribution in [-0.4, -0.2) is 13.1 Å². The van der Waals surface area contributed by atoms with Crippen LogP contribution in [0.2, 0.25) is 0 Å². The first-order chi connectivity index (χ1) is 7.33. The van der Waals surface area contributed by atoms with Gasteiger partial charge in [0.1, 0.15) is 0 Å². The van der Waals surface area contributed by atoms with Gasteiger partial charge in [0, 0.05) is 0 Å². The lowest BCUT2D eigenvalue weighted by Crippen LogP contribution is -2.28. The monoisotopic (exact) mass is 228 g/mol. The van der Waals surface area contributed by atoms with E-state index in [0.717, 1.165) is 12.3 Å². The SMILES string of the molecule is CCC[C@@H](C)C[C@@H](C)CC(C)(C)C(=O)OC. The van der Waals surface area contributed by atoms with E-state index in [4.69, 9.17) is 4.74 Å². The summed E-state index contributed by atoms with van der Waals surface area (Å²) in [6.45, 7) is 10.7. The summed E-state index contributed by atoms with van der Waals surface area (Å²) in [6.07, 6.45) is 4.64. The largest absolute Gasteiger partial charge is 0.469 e. The Morgan fingerprint density at radius 3 is 2.25 bits per heavy atom. The molecule has 2 nitrogen and oxygen atoms in total. The highest BCUT2D eigenvalue weighted by atomic mass is 16.5. The van der Waals surface area contributed by atoms with Crippen molar-refractivity contribution in [1.82, 2.24) is 0 Å². The number of hydrogen-bond donors (Lipinski definition) is 0. The third-order valence-corrected chi connectivity index (χ3v) is 3.18. The highest BCUT2D eigenvalue weighted by Crippen LogP contribution is 2.30. The Bertz CT molecular complexity index is 209. The standard InChI is InChI=1S/C14H28O2/c1-7-8-11(2)9-12(3)10-14(4,5)13(15)16-6/h11-12H,7-10H2,1-6H3/t11-,12-/m1/s1. The minimum atomic E-state index is -0.347. The second kappa shape index (κ2) is 6.93. The van der Waals surface area contributed by atoms with E-state index in [0.29, 0.717) is 5.92 Å². The molecule has 0 bridgehead atoms. The Morgan fingerprint density at radius 1 is 1.25 bits per heavy atom. The first-order valence-corrected chi connectivity index (χ1v) is 6.41. The van der Waals surface area contributed by atoms with Gasteiger partial charge in [0.05, 0.1) is 12.5 Å². The topological polar surface area (TPSA) is 26.3 Å². The van der Waals surface area contributed by atoms with Crippen LogP contribution in [0.3, 0.4) is 0 Å². The molecule has 0 unspecified atom stereocenters. The molecule has 0 aromatic rings. The van der Waals surface area contributed by atoms with Crippen molar-refractivity contribution >= 4 is 5.97 Å². The summed E-state index contributed by atoms with van der Waals surface area (Å²) in [5, 5.41) is 0. The van der Waals surface area contributed by atoms with Crippen molar-refractivity contribution in [2.24, 2.45) is 17.3 Å². The lowest BCUT2D eigenvalue weighted by Gasteiger charge is -2.26. The quantitative estimate of drug-likeness (QED) is 0.615. The van der Waals surface area contributed by atoms with Crippen molar-refractivity contribution in [3.63, 3.8) is 0 Å². The van der Waals surface area contributed by atoms with Gasteiger partial charge in [-0.05, 0) is 38.5 Å². The normalized spacial score (nSPS) is 15.6. The number of carbonyl (C=O) groups is 1. The van der Waals surface area contributed by atoms with Crippen LogP contribution in [-0.2, 0) is 9.53 Å². The zero-order valence-corrected chi connectivity index (χ0v) is 11.8. The van der Waals surface area contributed by atoms with Crippen LogP contribution in [0, 0.1) is 17.3 Å². The van der Waals surface area contributed by atoms with Gasteiger partial charge in [-0.15, -0.1) is 0 Å². The molecule has 0 heterocycles. The van der Waals surface area contributed by atoms with E-state index in [9.17, 15) is 4.79 Å². The zero-order valence-electron chi connectivity index (χ0n) is 11.8. The van der Waals surface area contributed by atoms with Crippen LogP contribution < -0.4 is 0 Å². The van der Waals surface area contributed by atoms with Crippen LogP contribution in [0.1, 0.15) is 60.3 Å². The number of carbonyl (C=O) groups excluding carboxylic acids is 1. The number of hydrogen-bond acceptors (Lipinski definition) is 2. The van der Waals surface area contributed by atoms with Gasteiger partial charge in [-0.25, -0.2) is 0 Å². The summed E-state index contributed by atoms with van der Waals surface area (Å²) >= 11 is 0. The molecule has 2 atom stereocenters. The molecule has 0 fully saturated rings. The Kier molecular flexibility index (Phi) is 6.70. The van der Waals surface area contributed by atoms with Gasteiger partial charge in [-0.2, -0.15) is 0 Å². The predicted octanol–water partition coefficient (Wildman–Crippen LogP) is 4.04. The first-order valence-electron chi connectivity index (χ1n) is 6.41. The summed E-state index contributed by atoms with van der Waals surface area (Å²) in [4.78, 5) is 11.6. The van der Waals surface area contributed by atoms with Gasteiger partial charge < -0.3 is 4.74 Å². The molecule has 0 N–H and O–H groups in total. The van der Waals surface area contributed by atoms with Crippen molar-refractivity contribution in [3.05, 3.63) is 0 Å². The highest BCUT2D eigenvalue weighted by molar-refractivity contribution is 5.75. The molecule has 96 valence electrons. The lowest BCUT2D eigenvalue weighted by molar-refractivity contribution is -0.151. The maximum Gasteiger partial charge on any atom is 0.311 e. The van der Waals surface area contributed by atoms with Crippen LogP contribution in [0.15, 0.2) is 0 Å². The second-order valence-corrected chi connectivity index (χ2v) is 5.81. The second-order valence-electron chi connectivity index (χ2n) is 5.81. The molecule has 0 saturated heterocycles. The van der Waals surface area contributed by atoms with E-state index in [2.05, 4.69) is 20.8 Å². The molecule has 16 heavy (non-hydrogen) atoms. The summed E-state index contributed by atoms with van der Waals surface area (Å²) in [6, 6.07) is 0. The molecule has 0 amide bonds. The third kappa shape index (κ3) is 5.53. The molecule has 0 aliphatic heterocycles. The van der Waals surface area contributed by atoms with E-state index < -0.39 is 0 Å². The molecule has 0 aromatic heterocycles. The van der Waals surface area contributed by atoms with E-state index >= 15 is 0 Å². The molecule has 0 aliphatic rings. The molecular formula is C14H28O2. The van der Waals surface area contributed by atoms with Gasteiger partial charge in [-0.1, -0.05) is 33.6 Å². The zero-order chi connectivity index (χ0) is 12.8. The molecule has 0 saturated carbocycles. The third-order valence-electron chi connectivity index (χ3n) is 3.18. The van der Waals surface area contributed by atoms with E-state index in [1.54, 1.807) is 0 Å². The van der Waals surface area contributed by atoms with Crippen LogP contribution in [0.5, 0.6) is 0 Å². The predicted molar refractivity (Wildman–Crippen MR) is 68.3 cm³/mol. The maximum atomic E-state index is 11.6. The molecule has 0 aromatic carbocycles. The number of ether oxygens (including phenoxy) is 1. The average molecular weight is 228 g/mol. The molecule has 0 rings (SSSR count). The lowest BCUT2D eigenvalue weighted by atomic mass is 9.80. The first kappa shape index (κ1) is 15.5. The highest BCUT2D eigenvalue weighted by Gasteiger charge is 2.30. The van der Waals surface area contributed by atoms with Gasteiger partial charge in [-0.3, -0.25) is 4.79 Å². The van der Waals surface area contributed by atoms with Crippen molar-refractivity contribution < 1.29 is 9.53 Å². The van der Waals surface area contributed by atoms with Gasteiger partial charge >= 0.3 is 5.97 Å². The van der Waals surface area contributed by atoms with E-state index in [-0.39, 0.29) is 11.4 Å². The summed E-state index contributed by atoms with van der Waals surface area (Å²) < 4.78 is 4.83. The van der Waals surface area contributed by atoms with Crippen molar-refractivity contribution in [2.45, 2.75) is 60.3 Å². The fraction of sp³-hybridized carbons (Fsp3) is 0.929. The maximum absolute atomic E-state index is 11.6. The minimum Gasteiger partial charge on any atom is -0.469 e. The fourth-order valence-electron chi connectivity index (χ4n) is 2.61. The number of rotatable bonds is 7. The van der Waals surface area contributed by atoms with Crippen molar-refractivity contribution in [2.75, 3.05) is 7.11 Å². The Morgan fingerprint density at radius 2 is 1.81 bits per heavy atom.